The molecule has 0 radical (unpaired) electrons. The smallest absolute Gasteiger partial charge is 0.134 e. The number of Topliss-reactive ketones (excluding diaryl/α,β-unsaturated/α-hetero) is 1. The van der Waals surface area contributed by atoms with E-state index in [-0.39, 0.29) is 5.54 Å². The zero-order chi connectivity index (χ0) is 21.8. The van der Waals surface area contributed by atoms with Gasteiger partial charge < -0.3 is 4.90 Å². The van der Waals surface area contributed by atoms with E-state index in [9.17, 15) is 4.79 Å². The number of unbranched alkanes of at least 4 members (excludes halogenated alkanes) is 14. The average molecular weight is 410 g/mol. The molecule has 0 aromatic heterocycles. The molecule has 174 valence electrons. The van der Waals surface area contributed by atoms with Gasteiger partial charge in [0.05, 0.1) is 0 Å². The number of hydrogen-bond acceptors (Lipinski definition) is 2. The van der Waals surface area contributed by atoms with Gasteiger partial charge >= 0.3 is 0 Å². The van der Waals surface area contributed by atoms with Crippen molar-refractivity contribution in [1.29, 1.82) is 0 Å². The molecule has 0 bridgehead atoms. The fourth-order valence-electron chi connectivity index (χ4n) is 4.36. The van der Waals surface area contributed by atoms with E-state index in [0.29, 0.717) is 12.2 Å². The Labute approximate surface area is 184 Å². The van der Waals surface area contributed by atoms with Crippen LogP contribution in [0, 0.1) is 0 Å². The Hall–Kier alpha value is -0.370. The number of ketones is 1. The molecular weight excluding hydrogens is 354 g/mol. The minimum atomic E-state index is 0.0520. The van der Waals surface area contributed by atoms with Crippen molar-refractivity contribution in [2.45, 2.75) is 155 Å². The summed E-state index contributed by atoms with van der Waals surface area (Å²) in [6.07, 6.45) is 24.4. The Balaban J connectivity index is 4.16. The molecule has 0 aliphatic heterocycles. The lowest BCUT2D eigenvalue weighted by Gasteiger charge is -2.39. The van der Waals surface area contributed by atoms with Gasteiger partial charge in [-0.2, -0.15) is 0 Å². The first kappa shape index (κ1) is 28.6. The lowest BCUT2D eigenvalue weighted by molar-refractivity contribution is -0.121. The van der Waals surface area contributed by atoms with Crippen molar-refractivity contribution < 1.29 is 4.79 Å². The van der Waals surface area contributed by atoms with Gasteiger partial charge in [-0.15, -0.1) is 0 Å². The quantitative estimate of drug-likeness (QED) is 0.167. The molecule has 0 fully saturated rings. The van der Waals surface area contributed by atoms with Crippen LogP contribution in [0.5, 0.6) is 0 Å². The highest BCUT2D eigenvalue weighted by Crippen LogP contribution is 2.27. The lowest BCUT2D eigenvalue weighted by atomic mass is 9.86. The standard InChI is InChI=1S/C27H55NO/c1-6-9-11-13-15-17-19-21-23-27(4,25-26(29)8-3)28(5)24-22-20-18-16-14-12-10-7-2/h6-25H2,1-5H3. The van der Waals surface area contributed by atoms with Gasteiger partial charge in [0.15, 0.2) is 0 Å². The van der Waals surface area contributed by atoms with Crippen LogP contribution in [0.4, 0.5) is 0 Å². The number of rotatable bonds is 22. The molecule has 0 aromatic rings. The van der Waals surface area contributed by atoms with E-state index in [1.807, 2.05) is 6.92 Å². The van der Waals surface area contributed by atoms with Crippen LogP contribution in [0.2, 0.25) is 0 Å². The summed E-state index contributed by atoms with van der Waals surface area (Å²) in [5.41, 5.74) is 0.0520. The van der Waals surface area contributed by atoms with Crippen LogP contribution < -0.4 is 0 Å². The van der Waals surface area contributed by atoms with Crippen LogP contribution in [0.25, 0.3) is 0 Å². The molecule has 0 aliphatic carbocycles. The van der Waals surface area contributed by atoms with Gasteiger partial charge in [0.25, 0.3) is 0 Å². The molecular formula is C27H55NO. The predicted octanol–water partition coefficient (Wildman–Crippen LogP) is 8.72. The fourth-order valence-corrected chi connectivity index (χ4v) is 4.36. The third kappa shape index (κ3) is 16.0. The van der Waals surface area contributed by atoms with E-state index in [0.717, 1.165) is 13.0 Å². The summed E-state index contributed by atoms with van der Waals surface area (Å²) in [6, 6.07) is 0. The predicted molar refractivity (Wildman–Crippen MR) is 131 cm³/mol. The van der Waals surface area contributed by atoms with Crippen molar-refractivity contribution in [3.8, 4) is 0 Å². The Morgan fingerprint density at radius 1 is 0.655 bits per heavy atom. The molecule has 0 aromatic carbocycles. The zero-order valence-electron chi connectivity index (χ0n) is 21.0. The van der Waals surface area contributed by atoms with Crippen LogP contribution >= 0.6 is 0 Å². The molecule has 0 N–H and O–H groups in total. The summed E-state index contributed by atoms with van der Waals surface area (Å²) in [5, 5.41) is 0. The van der Waals surface area contributed by atoms with Gasteiger partial charge in [0.2, 0.25) is 0 Å². The maximum absolute atomic E-state index is 12.2. The minimum Gasteiger partial charge on any atom is -0.301 e. The van der Waals surface area contributed by atoms with Crippen molar-refractivity contribution in [1.82, 2.24) is 4.90 Å². The normalized spacial score (nSPS) is 13.7. The molecule has 0 spiro atoms. The highest BCUT2D eigenvalue weighted by molar-refractivity contribution is 5.79. The largest absolute Gasteiger partial charge is 0.301 e. The second kappa shape index (κ2) is 19.6. The lowest BCUT2D eigenvalue weighted by Crippen LogP contribution is -2.46. The second-order valence-corrected chi connectivity index (χ2v) is 9.69. The van der Waals surface area contributed by atoms with Gasteiger partial charge in [-0.1, -0.05) is 117 Å². The van der Waals surface area contributed by atoms with Crippen molar-refractivity contribution >= 4 is 5.78 Å². The van der Waals surface area contributed by atoms with Gasteiger partial charge in [-0.05, 0) is 33.4 Å². The van der Waals surface area contributed by atoms with Crippen LogP contribution in [0.3, 0.4) is 0 Å². The van der Waals surface area contributed by atoms with Crippen LogP contribution in [0.1, 0.15) is 150 Å². The molecule has 0 heterocycles. The van der Waals surface area contributed by atoms with Gasteiger partial charge in [0.1, 0.15) is 5.78 Å². The molecule has 0 rings (SSSR count). The summed E-state index contributed by atoms with van der Waals surface area (Å²) < 4.78 is 0. The van der Waals surface area contributed by atoms with Crippen molar-refractivity contribution in [2.75, 3.05) is 13.6 Å². The number of carbonyl (C=O) groups is 1. The zero-order valence-corrected chi connectivity index (χ0v) is 21.0. The first-order valence-electron chi connectivity index (χ1n) is 13.2. The molecule has 29 heavy (non-hydrogen) atoms. The molecule has 1 atom stereocenters. The molecule has 2 heteroatoms. The van der Waals surface area contributed by atoms with Crippen LogP contribution in [-0.2, 0) is 4.79 Å². The van der Waals surface area contributed by atoms with Crippen LogP contribution in [0.15, 0.2) is 0 Å². The van der Waals surface area contributed by atoms with Gasteiger partial charge in [0, 0.05) is 18.4 Å². The molecule has 2 nitrogen and oxygen atoms in total. The number of hydrogen-bond donors (Lipinski definition) is 0. The Kier molecular flexibility index (Phi) is 19.3. The Bertz CT molecular complexity index is 368. The van der Waals surface area contributed by atoms with E-state index in [4.69, 9.17) is 0 Å². The SMILES string of the molecule is CCCCCCCCCCN(C)C(C)(CCCCCCCCCC)CC(=O)CC. The first-order chi connectivity index (χ1) is 14.0. The van der Waals surface area contributed by atoms with E-state index in [1.165, 1.54) is 109 Å². The topological polar surface area (TPSA) is 20.3 Å². The van der Waals surface area contributed by atoms with Gasteiger partial charge in [-0.3, -0.25) is 4.79 Å². The molecule has 0 saturated heterocycles. The summed E-state index contributed by atoms with van der Waals surface area (Å²) in [6.45, 7) is 10.1. The van der Waals surface area contributed by atoms with E-state index in [2.05, 4.69) is 32.7 Å². The van der Waals surface area contributed by atoms with Crippen molar-refractivity contribution in [3.63, 3.8) is 0 Å². The van der Waals surface area contributed by atoms with E-state index in [1.54, 1.807) is 0 Å². The molecule has 0 amide bonds. The maximum Gasteiger partial charge on any atom is 0.134 e. The summed E-state index contributed by atoms with van der Waals surface area (Å²) >= 11 is 0. The Morgan fingerprint density at radius 3 is 1.52 bits per heavy atom. The second-order valence-electron chi connectivity index (χ2n) is 9.69. The third-order valence-corrected chi connectivity index (χ3v) is 6.81. The number of nitrogens with zero attached hydrogens (tertiary/aromatic N) is 1. The van der Waals surface area contributed by atoms with E-state index >= 15 is 0 Å². The molecule has 0 aliphatic rings. The summed E-state index contributed by atoms with van der Waals surface area (Å²) in [7, 11) is 2.26. The highest BCUT2D eigenvalue weighted by Gasteiger charge is 2.30. The van der Waals surface area contributed by atoms with E-state index < -0.39 is 0 Å². The molecule has 1 unspecified atom stereocenters. The Morgan fingerprint density at radius 2 is 1.07 bits per heavy atom. The van der Waals surface area contributed by atoms with Gasteiger partial charge in [-0.25, -0.2) is 0 Å². The molecule has 0 saturated carbocycles. The first-order valence-corrected chi connectivity index (χ1v) is 13.2. The monoisotopic (exact) mass is 409 g/mol. The van der Waals surface area contributed by atoms with Crippen LogP contribution in [-0.4, -0.2) is 29.8 Å². The van der Waals surface area contributed by atoms with Crippen molar-refractivity contribution in [3.05, 3.63) is 0 Å². The highest BCUT2D eigenvalue weighted by atomic mass is 16.1. The summed E-state index contributed by atoms with van der Waals surface area (Å²) in [4.78, 5) is 14.8. The fraction of sp³-hybridized carbons (Fsp3) is 0.963. The minimum absolute atomic E-state index is 0.0520. The van der Waals surface area contributed by atoms with Crippen molar-refractivity contribution in [2.24, 2.45) is 0 Å². The maximum atomic E-state index is 12.2. The summed E-state index contributed by atoms with van der Waals surface area (Å²) in [5.74, 6) is 0.426. The number of carbonyl (C=O) groups excluding carboxylic acids is 1. The average Bonchev–Trinajstić information content (AvgIpc) is 2.71. The third-order valence-electron chi connectivity index (χ3n) is 6.81.